The van der Waals surface area contributed by atoms with Crippen LogP contribution in [-0.4, -0.2) is 15.9 Å². The molecule has 1 heterocycles. The van der Waals surface area contributed by atoms with Crippen LogP contribution in [0.1, 0.15) is 19.7 Å². The van der Waals surface area contributed by atoms with Crippen molar-refractivity contribution < 1.29 is 9.53 Å². The second kappa shape index (κ2) is 7.57. The van der Waals surface area contributed by atoms with Gasteiger partial charge in [-0.05, 0) is 42.5 Å². The van der Waals surface area contributed by atoms with Crippen molar-refractivity contribution in [3.63, 3.8) is 0 Å². The molecule has 0 unspecified atom stereocenters. The lowest BCUT2D eigenvalue weighted by atomic mass is 10.2. The Bertz CT molecular complexity index is 848. The molecule has 1 aromatic heterocycles. The molecule has 5 nitrogen and oxygen atoms in total. The summed E-state index contributed by atoms with van der Waals surface area (Å²) in [6.07, 6.45) is 2.38. The van der Waals surface area contributed by atoms with E-state index >= 15 is 0 Å². The number of para-hydroxylation sites is 1. The van der Waals surface area contributed by atoms with Gasteiger partial charge < -0.3 is 4.74 Å². The van der Waals surface area contributed by atoms with Crippen LogP contribution in [0.2, 0.25) is 0 Å². The van der Waals surface area contributed by atoms with E-state index in [2.05, 4.69) is 9.97 Å². The van der Waals surface area contributed by atoms with Crippen molar-refractivity contribution in [1.82, 2.24) is 9.97 Å². The number of nitrogens with zero attached hydrogens (tertiary/aromatic N) is 3. The van der Waals surface area contributed by atoms with Crippen molar-refractivity contribution >= 4 is 17.4 Å². The van der Waals surface area contributed by atoms with Gasteiger partial charge in [0.2, 0.25) is 5.91 Å². The monoisotopic (exact) mass is 333 g/mol. The number of rotatable bonds is 5. The number of hydrogen-bond donors (Lipinski definition) is 0. The van der Waals surface area contributed by atoms with Crippen LogP contribution in [0.3, 0.4) is 0 Å². The third-order valence-electron chi connectivity index (χ3n) is 3.62. The molecular formula is C20H19N3O2. The Balaban J connectivity index is 1.86. The van der Waals surface area contributed by atoms with Gasteiger partial charge in [-0.3, -0.25) is 9.69 Å². The number of aromatic nitrogens is 2. The van der Waals surface area contributed by atoms with Crippen LogP contribution in [-0.2, 0) is 11.2 Å². The number of ether oxygens (including phenoxy) is 1. The van der Waals surface area contributed by atoms with Crippen LogP contribution in [0.15, 0.2) is 66.9 Å². The van der Waals surface area contributed by atoms with E-state index in [1.807, 2.05) is 61.5 Å². The minimum atomic E-state index is -0.113. The minimum Gasteiger partial charge on any atom is -0.457 e. The van der Waals surface area contributed by atoms with Gasteiger partial charge in [0, 0.05) is 19.5 Å². The molecule has 3 aromatic rings. The van der Waals surface area contributed by atoms with Gasteiger partial charge in [-0.2, -0.15) is 0 Å². The quantitative estimate of drug-likeness (QED) is 0.689. The van der Waals surface area contributed by atoms with Gasteiger partial charge >= 0.3 is 0 Å². The summed E-state index contributed by atoms with van der Waals surface area (Å²) in [6, 6.07) is 18.6. The first-order valence-electron chi connectivity index (χ1n) is 8.13. The lowest BCUT2D eigenvalue weighted by Crippen LogP contribution is -2.24. The average molecular weight is 333 g/mol. The normalized spacial score (nSPS) is 10.3. The zero-order valence-electron chi connectivity index (χ0n) is 14.2. The molecule has 0 bridgehead atoms. The second-order valence-corrected chi connectivity index (χ2v) is 5.45. The maximum atomic E-state index is 12.2. The Morgan fingerprint density at radius 1 is 1.00 bits per heavy atom. The number of hydrogen-bond acceptors (Lipinski definition) is 4. The molecule has 0 radical (unpaired) electrons. The number of carbonyl (C=O) groups excluding carboxylic acids is 1. The number of aryl methyl sites for hydroxylation is 1. The highest BCUT2D eigenvalue weighted by molar-refractivity contribution is 5.98. The third kappa shape index (κ3) is 4.01. The molecule has 0 N–H and O–H groups in total. The maximum Gasteiger partial charge on any atom is 0.229 e. The van der Waals surface area contributed by atoms with Crippen LogP contribution in [0.25, 0.3) is 0 Å². The van der Waals surface area contributed by atoms with E-state index in [4.69, 9.17) is 4.74 Å². The number of anilines is 2. The Morgan fingerprint density at radius 2 is 1.68 bits per heavy atom. The molecule has 0 saturated carbocycles. The highest BCUT2D eigenvalue weighted by Crippen LogP contribution is 2.28. The Hall–Kier alpha value is -3.21. The van der Waals surface area contributed by atoms with Crippen molar-refractivity contribution in [3.8, 4) is 11.5 Å². The number of benzene rings is 2. The molecule has 3 rings (SSSR count). The largest absolute Gasteiger partial charge is 0.457 e. The van der Waals surface area contributed by atoms with E-state index in [1.165, 1.54) is 6.92 Å². The summed E-state index contributed by atoms with van der Waals surface area (Å²) in [6.45, 7) is 3.50. The van der Waals surface area contributed by atoms with E-state index in [-0.39, 0.29) is 5.91 Å². The van der Waals surface area contributed by atoms with Gasteiger partial charge in [0.25, 0.3) is 0 Å². The summed E-state index contributed by atoms with van der Waals surface area (Å²) in [7, 11) is 0. The molecule has 0 spiro atoms. The van der Waals surface area contributed by atoms with Crippen LogP contribution in [0.4, 0.5) is 11.5 Å². The van der Waals surface area contributed by atoms with Crippen LogP contribution >= 0.6 is 0 Å². The Kier molecular flexibility index (Phi) is 5.04. The standard InChI is InChI=1S/C20H19N3O2/c1-3-19-21-14-13-20(22-19)23(15(2)24)16-9-11-18(12-10-16)25-17-7-5-4-6-8-17/h4-14H,3H2,1-2H3. The fraction of sp³-hybridized carbons (Fsp3) is 0.150. The SMILES string of the molecule is CCc1nccc(N(C(C)=O)c2ccc(Oc3ccccc3)cc2)n1. The summed E-state index contributed by atoms with van der Waals surface area (Å²) in [4.78, 5) is 22.3. The van der Waals surface area contributed by atoms with E-state index in [0.717, 1.165) is 11.4 Å². The molecule has 25 heavy (non-hydrogen) atoms. The first-order chi connectivity index (χ1) is 12.2. The smallest absolute Gasteiger partial charge is 0.229 e. The summed E-state index contributed by atoms with van der Waals surface area (Å²) >= 11 is 0. The van der Waals surface area contributed by atoms with Gasteiger partial charge in [-0.25, -0.2) is 9.97 Å². The molecule has 126 valence electrons. The van der Waals surface area contributed by atoms with E-state index in [1.54, 1.807) is 17.2 Å². The van der Waals surface area contributed by atoms with E-state index in [9.17, 15) is 4.79 Å². The van der Waals surface area contributed by atoms with Gasteiger partial charge in [0.05, 0.1) is 5.69 Å². The van der Waals surface area contributed by atoms with Crippen molar-refractivity contribution in [2.45, 2.75) is 20.3 Å². The minimum absolute atomic E-state index is 0.113. The second-order valence-electron chi connectivity index (χ2n) is 5.45. The van der Waals surface area contributed by atoms with Crippen molar-refractivity contribution in [1.29, 1.82) is 0 Å². The summed E-state index contributed by atoms with van der Waals surface area (Å²) in [5.41, 5.74) is 0.730. The van der Waals surface area contributed by atoms with Gasteiger partial charge in [-0.1, -0.05) is 25.1 Å². The molecule has 5 heteroatoms. The number of carbonyl (C=O) groups is 1. The van der Waals surface area contributed by atoms with Crippen molar-refractivity contribution in [2.24, 2.45) is 0 Å². The maximum absolute atomic E-state index is 12.2. The molecular weight excluding hydrogens is 314 g/mol. The predicted molar refractivity (Wildman–Crippen MR) is 97.2 cm³/mol. The van der Waals surface area contributed by atoms with Gasteiger partial charge in [0.1, 0.15) is 23.1 Å². The highest BCUT2D eigenvalue weighted by atomic mass is 16.5. The highest BCUT2D eigenvalue weighted by Gasteiger charge is 2.16. The molecule has 0 aliphatic heterocycles. The first kappa shape index (κ1) is 16.6. The van der Waals surface area contributed by atoms with Crippen molar-refractivity contribution in [3.05, 3.63) is 72.7 Å². The first-order valence-corrected chi connectivity index (χ1v) is 8.13. The molecule has 0 aliphatic rings. The molecule has 1 amide bonds. The fourth-order valence-electron chi connectivity index (χ4n) is 2.45. The van der Waals surface area contributed by atoms with Gasteiger partial charge in [-0.15, -0.1) is 0 Å². The Labute approximate surface area is 146 Å². The van der Waals surface area contributed by atoms with Crippen LogP contribution < -0.4 is 9.64 Å². The lowest BCUT2D eigenvalue weighted by Gasteiger charge is -2.20. The molecule has 0 fully saturated rings. The summed E-state index contributed by atoms with van der Waals surface area (Å²) in [5, 5.41) is 0. The van der Waals surface area contributed by atoms with Crippen molar-refractivity contribution in [2.75, 3.05) is 4.90 Å². The van der Waals surface area contributed by atoms with E-state index < -0.39 is 0 Å². The zero-order valence-corrected chi connectivity index (χ0v) is 14.2. The zero-order chi connectivity index (χ0) is 17.6. The number of amides is 1. The van der Waals surface area contributed by atoms with Crippen LogP contribution in [0, 0.1) is 0 Å². The molecule has 2 aromatic carbocycles. The van der Waals surface area contributed by atoms with Gasteiger partial charge in [0.15, 0.2) is 0 Å². The third-order valence-corrected chi connectivity index (χ3v) is 3.62. The molecule has 0 aliphatic carbocycles. The topological polar surface area (TPSA) is 55.3 Å². The predicted octanol–water partition coefficient (Wildman–Crippen LogP) is 4.52. The average Bonchev–Trinajstić information content (AvgIpc) is 2.64. The molecule has 0 saturated heterocycles. The summed E-state index contributed by atoms with van der Waals surface area (Å²) in [5.74, 6) is 2.62. The fourth-order valence-corrected chi connectivity index (χ4v) is 2.45. The van der Waals surface area contributed by atoms with E-state index in [0.29, 0.717) is 23.8 Å². The van der Waals surface area contributed by atoms with Crippen LogP contribution in [0.5, 0.6) is 11.5 Å². The molecule has 0 atom stereocenters. The summed E-state index contributed by atoms with van der Waals surface area (Å²) < 4.78 is 5.79. The lowest BCUT2D eigenvalue weighted by molar-refractivity contribution is -0.115. The Morgan fingerprint density at radius 3 is 2.32 bits per heavy atom.